The third-order valence-electron chi connectivity index (χ3n) is 0.882. The smallest absolute Gasteiger partial charge is 0.0132 e. The van der Waals surface area contributed by atoms with Gasteiger partial charge in [-0.15, -0.1) is 0 Å². The Hall–Kier alpha value is -0.0400. The minimum absolute atomic E-state index is 1.12. The molecule has 0 saturated carbocycles. The van der Waals surface area contributed by atoms with Crippen LogP contribution < -0.4 is 5.32 Å². The van der Waals surface area contributed by atoms with E-state index < -0.39 is 0 Å². The highest BCUT2D eigenvalue weighted by Crippen LogP contribution is 1.92. The van der Waals surface area contributed by atoms with Crippen molar-refractivity contribution in [3.8, 4) is 0 Å². The van der Waals surface area contributed by atoms with E-state index in [1.165, 1.54) is 12.8 Å². The van der Waals surface area contributed by atoms with Crippen LogP contribution >= 0.6 is 0 Å². The summed E-state index contributed by atoms with van der Waals surface area (Å²) in [4.78, 5) is 0. The molecule has 1 heteroatoms. The van der Waals surface area contributed by atoms with Crippen molar-refractivity contribution in [1.29, 1.82) is 0 Å². The molecule has 1 nitrogen and oxygen atoms in total. The van der Waals surface area contributed by atoms with Crippen molar-refractivity contribution in [3.05, 3.63) is 0 Å². The summed E-state index contributed by atoms with van der Waals surface area (Å²) in [5.74, 6) is 0. The Labute approximate surface area is 32.4 Å². The second kappa shape index (κ2) is 1.41. The van der Waals surface area contributed by atoms with Crippen molar-refractivity contribution in [2.75, 3.05) is 13.1 Å². The summed E-state index contributed by atoms with van der Waals surface area (Å²) < 4.78 is 0. The molecule has 1 aliphatic heterocycles. The Balaban J connectivity index is 2.08. The molecule has 1 rings (SSSR count). The maximum absolute atomic E-state index is 4.08. The Morgan fingerprint density at radius 3 is 1.80 bits per heavy atom. The van der Waals surface area contributed by atoms with Crippen LogP contribution in [0, 0.1) is 0 Å². The number of nitrogens with zero attached hydrogens (tertiary/aromatic N) is 1. The summed E-state index contributed by atoms with van der Waals surface area (Å²) >= 11 is 0. The van der Waals surface area contributed by atoms with E-state index in [0.717, 1.165) is 13.1 Å². The molecule has 2 radical (unpaired) electrons. The molecular weight excluding hydrogens is 62.1 g/mol. The van der Waals surface area contributed by atoms with E-state index in [1.807, 2.05) is 0 Å². The standard InChI is InChI=1S/C4H8N/c1-2-4-5-3-1/h1-4H2/q+1. The Kier molecular flexibility index (Phi) is 0.892. The third-order valence-corrected chi connectivity index (χ3v) is 0.882. The average molecular weight is 70.1 g/mol. The van der Waals surface area contributed by atoms with Gasteiger partial charge in [0, 0.05) is 12.8 Å². The molecule has 0 aromatic rings. The van der Waals surface area contributed by atoms with Crippen molar-refractivity contribution >= 4 is 0 Å². The van der Waals surface area contributed by atoms with Crippen LogP contribution in [0.2, 0.25) is 0 Å². The lowest BCUT2D eigenvalue weighted by molar-refractivity contribution is 0.837. The van der Waals surface area contributed by atoms with Gasteiger partial charge >= 0.3 is 0 Å². The van der Waals surface area contributed by atoms with Gasteiger partial charge in [-0.05, 0) is 0 Å². The van der Waals surface area contributed by atoms with Gasteiger partial charge in [-0.1, -0.05) is 0 Å². The van der Waals surface area contributed by atoms with Gasteiger partial charge in [0.25, 0.3) is 0 Å². The second-order valence-electron chi connectivity index (χ2n) is 1.38. The van der Waals surface area contributed by atoms with Crippen molar-refractivity contribution < 1.29 is 0 Å². The zero-order chi connectivity index (χ0) is 3.54. The molecule has 0 spiro atoms. The van der Waals surface area contributed by atoms with E-state index in [4.69, 9.17) is 0 Å². The lowest BCUT2D eigenvalue weighted by atomic mass is 10.4. The highest BCUT2D eigenvalue weighted by Gasteiger charge is 2.09. The molecule has 1 heterocycles. The third kappa shape index (κ3) is 0.618. The first-order valence-electron chi connectivity index (χ1n) is 2.13. The largest absolute Gasteiger partial charge is 0.184 e. The quantitative estimate of drug-likeness (QED) is 0.391. The Bertz CT molecular complexity index is 15.2. The highest BCUT2D eigenvalue weighted by atomic mass is 14.9. The highest BCUT2D eigenvalue weighted by molar-refractivity contribution is 4.55. The molecular formula is C4H8N+. The second-order valence-corrected chi connectivity index (χ2v) is 1.38. The fourth-order valence-electron chi connectivity index (χ4n) is 0.559. The normalized spacial score (nSPS) is 24.0. The van der Waals surface area contributed by atoms with E-state index in [2.05, 4.69) is 5.32 Å². The number of hydrogen-bond acceptors (Lipinski definition) is 0. The monoisotopic (exact) mass is 70.1 g/mol. The van der Waals surface area contributed by atoms with E-state index in [1.54, 1.807) is 0 Å². The molecule has 1 aliphatic rings. The van der Waals surface area contributed by atoms with Gasteiger partial charge < -0.3 is 0 Å². The first kappa shape index (κ1) is 3.16. The van der Waals surface area contributed by atoms with Gasteiger partial charge in [0.15, 0.2) is 13.1 Å². The van der Waals surface area contributed by atoms with E-state index in [9.17, 15) is 0 Å². The van der Waals surface area contributed by atoms with Gasteiger partial charge in [0.05, 0.1) is 5.32 Å². The topological polar surface area (TPSA) is 14.1 Å². The zero-order valence-corrected chi connectivity index (χ0v) is 3.28. The number of rotatable bonds is 0. The van der Waals surface area contributed by atoms with Crippen LogP contribution in [0.5, 0.6) is 0 Å². The first-order chi connectivity index (χ1) is 2.50. The lowest BCUT2D eigenvalue weighted by Crippen LogP contribution is -1.92. The fraction of sp³-hybridized carbons (Fsp3) is 1.00. The predicted octanol–water partition coefficient (Wildman–Crippen LogP) is 0.385. The van der Waals surface area contributed by atoms with Crippen LogP contribution in [0.15, 0.2) is 0 Å². The van der Waals surface area contributed by atoms with Gasteiger partial charge in [0.1, 0.15) is 0 Å². The van der Waals surface area contributed by atoms with Crippen molar-refractivity contribution in [2.45, 2.75) is 12.8 Å². The molecule has 0 amide bonds. The zero-order valence-electron chi connectivity index (χ0n) is 3.28. The maximum Gasteiger partial charge on any atom is 0.184 e. The summed E-state index contributed by atoms with van der Waals surface area (Å²) in [7, 11) is 0. The Morgan fingerprint density at radius 2 is 1.60 bits per heavy atom. The molecule has 0 atom stereocenters. The summed E-state index contributed by atoms with van der Waals surface area (Å²) in [6.45, 7) is 2.25. The minimum Gasteiger partial charge on any atom is 0.0132 e. The molecule has 28 valence electrons. The molecule has 0 N–H and O–H groups in total. The van der Waals surface area contributed by atoms with Crippen LogP contribution in [-0.4, -0.2) is 13.1 Å². The molecule has 0 aromatic heterocycles. The molecule has 1 fully saturated rings. The van der Waals surface area contributed by atoms with Crippen molar-refractivity contribution in [3.63, 3.8) is 0 Å². The van der Waals surface area contributed by atoms with Gasteiger partial charge in [0.2, 0.25) is 0 Å². The molecule has 5 heavy (non-hydrogen) atoms. The van der Waals surface area contributed by atoms with E-state index in [-0.39, 0.29) is 0 Å². The van der Waals surface area contributed by atoms with Crippen LogP contribution in [0.25, 0.3) is 0 Å². The summed E-state index contributed by atoms with van der Waals surface area (Å²) in [6, 6.07) is 0. The summed E-state index contributed by atoms with van der Waals surface area (Å²) in [6.07, 6.45) is 2.67. The lowest BCUT2D eigenvalue weighted by Gasteiger charge is -1.56. The predicted molar refractivity (Wildman–Crippen MR) is 21.1 cm³/mol. The molecule has 1 saturated heterocycles. The Morgan fingerprint density at radius 1 is 1.00 bits per heavy atom. The molecule has 0 aliphatic carbocycles. The molecule has 0 aromatic carbocycles. The first-order valence-corrected chi connectivity index (χ1v) is 2.13. The maximum atomic E-state index is 4.08. The average Bonchev–Trinajstić information content (AvgIpc) is 1.76. The minimum atomic E-state index is 1.12. The fourth-order valence-corrected chi connectivity index (χ4v) is 0.559. The SMILES string of the molecule is C1CC[N+]C1. The summed E-state index contributed by atoms with van der Waals surface area (Å²) in [5, 5.41) is 4.08. The van der Waals surface area contributed by atoms with Crippen LogP contribution in [0.3, 0.4) is 0 Å². The van der Waals surface area contributed by atoms with Crippen LogP contribution in [0.4, 0.5) is 0 Å². The summed E-state index contributed by atoms with van der Waals surface area (Å²) in [5.41, 5.74) is 0. The van der Waals surface area contributed by atoms with E-state index in [0.29, 0.717) is 0 Å². The van der Waals surface area contributed by atoms with Gasteiger partial charge in [-0.25, -0.2) is 0 Å². The van der Waals surface area contributed by atoms with Gasteiger partial charge in [-0.2, -0.15) is 0 Å². The number of hydrogen-bond donors (Lipinski definition) is 0. The van der Waals surface area contributed by atoms with Crippen molar-refractivity contribution in [2.24, 2.45) is 0 Å². The van der Waals surface area contributed by atoms with Crippen LogP contribution in [0.1, 0.15) is 12.8 Å². The molecule has 0 bridgehead atoms. The van der Waals surface area contributed by atoms with Crippen LogP contribution in [-0.2, 0) is 0 Å². The van der Waals surface area contributed by atoms with Gasteiger partial charge in [-0.3, -0.25) is 0 Å². The van der Waals surface area contributed by atoms with Crippen molar-refractivity contribution in [1.82, 2.24) is 5.32 Å². The van der Waals surface area contributed by atoms with E-state index >= 15 is 0 Å². The molecule has 0 unspecified atom stereocenters.